The number of sulfonamides is 1. The van der Waals surface area contributed by atoms with E-state index >= 15 is 0 Å². The van der Waals surface area contributed by atoms with Crippen molar-refractivity contribution in [2.24, 2.45) is 0 Å². The topological polar surface area (TPSA) is 141 Å². The Kier molecular flexibility index (Phi) is 5.82. The second-order valence-corrected chi connectivity index (χ2v) is 6.93. The van der Waals surface area contributed by atoms with Gasteiger partial charge in [0, 0.05) is 19.7 Å². The lowest BCUT2D eigenvalue weighted by atomic mass is 10.1. The van der Waals surface area contributed by atoms with Crippen LogP contribution in [0.5, 0.6) is 0 Å². The summed E-state index contributed by atoms with van der Waals surface area (Å²) >= 11 is 0. The van der Waals surface area contributed by atoms with E-state index in [2.05, 4.69) is 5.32 Å². The van der Waals surface area contributed by atoms with Crippen LogP contribution in [0, 0.1) is 0 Å². The minimum absolute atomic E-state index is 0.0133. The fourth-order valence-electron chi connectivity index (χ4n) is 1.61. The van der Waals surface area contributed by atoms with Crippen LogP contribution in [-0.2, 0) is 19.6 Å². The summed E-state index contributed by atoms with van der Waals surface area (Å²) in [5, 5.41) is 19.5. The van der Waals surface area contributed by atoms with Crippen molar-refractivity contribution >= 4 is 27.9 Å². The number of carboxylic acids is 2. The monoisotopic (exact) mass is 344 g/mol. The highest BCUT2D eigenvalue weighted by Gasteiger charge is 2.24. The summed E-state index contributed by atoms with van der Waals surface area (Å²) in [7, 11) is -0.921. The van der Waals surface area contributed by atoms with Crippen molar-refractivity contribution in [3.63, 3.8) is 0 Å². The number of rotatable bonds is 7. The molecule has 1 unspecified atom stereocenters. The molecule has 0 aliphatic heterocycles. The van der Waals surface area contributed by atoms with Gasteiger partial charge in [0.25, 0.3) is 5.91 Å². The Hall–Kier alpha value is -2.46. The van der Waals surface area contributed by atoms with E-state index in [1.165, 1.54) is 38.4 Å². The van der Waals surface area contributed by atoms with Crippen LogP contribution in [0.15, 0.2) is 29.2 Å². The van der Waals surface area contributed by atoms with E-state index in [4.69, 9.17) is 10.2 Å². The van der Waals surface area contributed by atoms with Gasteiger partial charge in [0.2, 0.25) is 10.0 Å². The average Bonchev–Trinajstić information content (AvgIpc) is 2.45. The first-order valence-electron chi connectivity index (χ1n) is 6.33. The lowest BCUT2D eigenvalue weighted by Gasteiger charge is -2.13. The summed E-state index contributed by atoms with van der Waals surface area (Å²) < 4.78 is 24.8. The molecule has 0 aliphatic rings. The molecule has 10 heteroatoms. The van der Waals surface area contributed by atoms with E-state index in [0.29, 0.717) is 0 Å². The molecule has 23 heavy (non-hydrogen) atoms. The fourth-order valence-corrected chi connectivity index (χ4v) is 2.51. The molecule has 126 valence electrons. The van der Waals surface area contributed by atoms with Gasteiger partial charge in [-0.15, -0.1) is 0 Å². The smallest absolute Gasteiger partial charge is 0.326 e. The van der Waals surface area contributed by atoms with Gasteiger partial charge in [0.1, 0.15) is 6.04 Å². The van der Waals surface area contributed by atoms with E-state index in [-0.39, 0.29) is 10.5 Å². The number of hydrogen-bond donors (Lipinski definition) is 3. The van der Waals surface area contributed by atoms with E-state index in [1.807, 2.05) is 0 Å². The van der Waals surface area contributed by atoms with Gasteiger partial charge < -0.3 is 15.5 Å². The molecule has 0 fully saturated rings. The number of carboxylic acid groups (broad SMARTS) is 2. The predicted octanol–water partition coefficient (Wildman–Crippen LogP) is -0.405. The van der Waals surface area contributed by atoms with Crippen LogP contribution in [0.2, 0.25) is 0 Å². The summed E-state index contributed by atoms with van der Waals surface area (Å²) in [6.07, 6.45) is -0.770. The van der Waals surface area contributed by atoms with Gasteiger partial charge in [-0.1, -0.05) is 0 Å². The zero-order chi connectivity index (χ0) is 17.8. The Morgan fingerprint density at radius 1 is 1.13 bits per heavy atom. The van der Waals surface area contributed by atoms with Gasteiger partial charge in [-0.25, -0.2) is 17.5 Å². The van der Waals surface area contributed by atoms with Crippen molar-refractivity contribution in [1.82, 2.24) is 9.62 Å². The minimum atomic E-state index is -3.64. The summed E-state index contributed by atoms with van der Waals surface area (Å²) in [4.78, 5) is 33.3. The Morgan fingerprint density at radius 3 is 2.04 bits per heavy atom. The lowest BCUT2D eigenvalue weighted by Crippen LogP contribution is -2.42. The SMILES string of the molecule is CN(C)S(=O)(=O)c1ccc(C(=O)NC(CC(=O)O)C(=O)O)cc1. The largest absolute Gasteiger partial charge is 0.481 e. The van der Waals surface area contributed by atoms with Crippen molar-refractivity contribution in [2.45, 2.75) is 17.4 Å². The first kappa shape index (κ1) is 18.6. The molecule has 0 heterocycles. The van der Waals surface area contributed by atoms with Crippen molar-refractivity contribution < 1.29 is 33.0 Å². The number of hydrogen-bond acceptors (Lipinski definition) is 5. The molecule has 3 N–H and O–H groups in total. The Labute approximate surface area is 132 Å². The van der Waals surface area contributed by atoms with Crippen molar-refractivity contribution in [2.75, 3.05) is 14.1 Å². The number of aliphatic carboxylic acids is 2. The molecule has 0 aromatic heterocycles. The van der Waals surface area contributed by atoms with Gasteiger partial charge in [-0.2, -0.15) is 0 Å². The molecule has 0 saturated carbocycles. The molecular formula is C13H16N2O7S. The molecule has 1 aromatic rings. The molecule has 1 aromatic carbocycles. The minimum Gasteiger partial charge on any atom is -0.481 e. The number of nitrogens with zero attached hydrogens (tertiary/aromatic N) is 1. The highest BCUT2D eigenvalue weighted by molar-refractivity contribution is 7.89. The number of nitrogens with one attached hydrogen (secondary N) is 1. The lowest BCUT2D eigenvalue weighted by molar-refractivity contribution is -0.145. The predicted molar refractivity (Wildman–Crippen MR) is 78.5 cm³/mol. The molecule has 9 nitrogen and oxygen atoms in total. The standard InChI is InChI=1S/C13H16N2O7S/c1-15(2)23(21,22)9-5-3-8(4-6-9)12(18)14-10(13(19)20)7-11(16)17/h3-6,10H,7H2,1-2H3,(H,14,18)(H,16,17)(H,19,20). The van der Waals surface area contributed by atoms with Gasteiger partial charge >= 0.3 is 11.9 Å². The molecule has 0 aliphatic carbocycles. The average molecular weight is 344 g/mol. The van der Waals surface area contributed by atoms with Crippen LogP contribution in [0.4, 0.5) is 0 Å². The third-order valence-electron chi connectivity index (χ3n) is 2.88. The first-order valence-corrected chi connectivity index (χ1v) is 7.77. The van der Waals surface area contributed by atoms with Gasteiger partial charge in [0.15, 0.2) is 0 Å². The molecular weight excluding hydrogens is 328 g/mol. The zero-order valence-electron chi connectivity index (χ0n) is 12.4. The van der Waals surface area contributed by atoms with Gasteiger partial charge in [-0.05, 0) is 24.3 Å². The number of benzene rings is 1. The fraction of sp³-hybridized carbons (Fsp3) is 0.308. The summed E-state index contributed by atoms with van der Waals surface area (Å²) in [5.74, 6) is -3.66. The van der Waals surface area contributed by atoms with Crippen LogP contribution >= 0.6 is 0 Å². The highest BCUT2D eigenvalue weighted by atomic mass is 32.2. The van der Waals surface area contributed by atoms with Crippen LogP contribution in [0.3, 0.4) is 0 Å². The first-order chi connectivity index (χ1) is 10.6. The van der Waals surface area contributed by atoms with Crippen molar-refractivity contribution in [3.05, 3.63) is 29.8 Å². The number of amides is 1. The maximum Gasteiger partial charge on any atom is 0.326 e. The Balaban J connectivity index is 2.93. The van der Waals surface area contributed by atoms with Crippen molar-refractivity contribution in [1.29, 1.82) is 0 Å². The van der Waals surface area contributed by atoms with Crippen LogP contribution in [0.1, 0.15) is 16.8 Å². The molecule has 1 amide bonds. The third kappa shape index (κ3) is 4.76. The Bertz CT molecular complexity index is 710. The van der Waals surface area contributed by atoms with E-state index in [1.54, 1.807) is 0 Å². The molecule has 1 rings (SSSR count). The maximum atomic E-state index is 11.9. The maximum absolute atomic E-state index is 11.9. The summed E-state index contributed by atoms with van der Waals surface area (Å²) in [5.41, 5.74) is 0.0133. The van der Waals surface area contributed by atoms with Crippen LogP contribution in [0.25, 0.3) is 0 Å². The molecule has 0 radical (unpaired) electrons. The number of carbonyl (C=O) groups excluding carboxylic acids is 1. The second-order valence-electron chi connectivity index (χ2n) is 4.77. The number of carbonyl (C=O) groups is 3. The molecule has 0 bridgehead atoms. The van der Waals surface area contributed by atoms with E-state index < -0.39 is 40.3 Å². The van der Waals surface area contributed by atoms with Crippen LogP contribution in [-0.4, -0.2) is 60.9 Å². The van der Waals surface area contributed by atoms with E-state index in [9.17, 15) is 22.8 Å². The highest BCUT2D eigenvalue weighted by Crippen LogP contribution is 2.14. The zero-order valence-corrected chi connectivity index (χ0v) is 13.2. The van der Waals surface area contributed by atoms with Crippen LogP contribution < -0.4 is 5.32 Å². The normalized spacial score (nSPS) is 12.7. The van der Waals surface area contributed by atoms with Gasteiger partial charge in [0.05, 0.1) is 11.3 Å². The third-order valence-corrected chi connectivity index (χ3v) is 4.71. The quantitative estimate of drug-likeness (QED) is 0.611. The molecule has 0 spiro atoms. The van der Waals surface area contributed by atoms with Gasteiger partial charge in [-0.3, -0.25) is 9.59 Å². The Morgan fingerprint density at radius 2 is 1.65 bits per heavy atom. The summed E-state index contributed by atoms with van der Waals surface area (Å²) in [6.45, 7) is 0. The molecule has 0 saturated heterocycles. The van der Waals surface area contributed by atoms with Crippen molar-refractivity contribution in [3.8, 4) is 0 Å². The summed E-state index contributed by atoms with van der Waals surface area (Å²) in [6, 6.07) is 3.26. The molecule has 1 atom stereocenters. The van der Waals surface area contributed by atoms with E-state index in [0.717, 1.165) is 4.31 Å². The second kappa shape index (κ2) is 7.20.